The number of benzene rings is 1. The molecule has 5 heteroatoms. The van der Waals surface area contributed by atoms with Gasteiger partial charge >= 0.3 is 0 Å². The van der Waals surface area contributed by atoms with Crippen LogP contribution >= 0.6 is 0 Å². The zero-order valence-electron chi connectivity index (χ0n) is 12.3. The first kappa shape index (κ1) is 14.4. The number of hydrogen-bond acceptors (Lipinski definition) is 4. The first-order valence-corrected chi connectivity index (χ1v) is 7.72. The summed E-state index contributed by atoms with van der Waals surface area (Å²) in [5.74, 6) is 0.657. The Hall–Kier alpha value is -1.59. The largest absolute Gasteiger partial charge is 0.483 e. The number of para-hydroxylation sites is 1. The fourth-order valence-electron chi connectivity index (χ4n) is 3.46. The number of carbonyl (C=O) groups is 1. The van der Waals surface area contributed by atoms with Gasteiger partial charge in [-0.15, -0.1) is 0 Å². The van der Waals surface area contributed by atoms with Crippen molar-refractivity contribution >= 4 is 5.91 Å². The molecule has 0 radical (unpaired) electrons. The van der Waals surface area contributed by atoms with Gasteiger partial charge in [-0.2, -0.15) is 0 Å². The highest BCUT2D eigenvalue weighted by molar-refractivity contribution is 5.78. The summed E-state index contributed by atoms with van der Waals surface area (Å²) in [6, 6.07) is 8.39. The summed E-state index contributed by atoms with van der Waals surface area (Å²) < 4.78 is 5.61. The molecule has 0 spiro atoms. The molecule has 5 nitrogen and oxygen atoms in total. The number of nitrogens with two attached hydrogens (primary N) is 1. The van der Waals surface area contributed by atoms with E-state index >= 15 is 0 Å². The molecule has 0 saturated carbocycles. The maximum absolute atomic E-state index is 12.1. The van der Waals surface area contributed by atoms with Gasteiger partial charge in [0.1, 0.15) is 5.75 Å². The number of ether oxygens (including phenoxy) is 1. The maximum atomic E-state index is 12.1. The minimum atomic E-state index is -0.0411. The molecule has 3 rings (SSSR count). The van der Waals surface area contributed by atoms with Crippen LogP contribution in [0.5, 0.6) is 5.75 Å². The lowest BCUT2D eigenvalue weighted by Gasteiger charge is -2.21. The Kier molecular flexibility index (Phi) is 4.41. The predicted octanol–water partition coefficient (Wildman–Crippen LogP) is 0.877. The first-order chi connectivity index (χ1) is 10.3. The monoisotopic (exact) mass is 289 g/mol. The number of amides is 1. The average molecular weight is 289 g/mol. The molecule has 1 aromatic carbocycles. The van der Waals surface area contributed by atoms with Crippen molar-refractivity contribution in [3.8, 4) is 5.75 Å². The lowest BCUT2D eigenvalue weighted by molar-refractivity contribution is -0.123. The summed E-state index contributed by atoms with van der Waals surface area (Å²) in [5, 5.41) is 3.12. The summed E-state index contributed by atoms with van der Waals surface area (Å²) in [6.45, 7) is 2.75. The molecule has 0 aromatic heterocycles. The van der Waals surface area contributed by atoms with Crippen LogP contribution in [0.2, 0.25) is 0 Å². The van der Waals surface area contributed by atoms with E-state index in [1.54, 1.807) is 0 Å². The molecule has 114 valence electrons. The molecule has 2 atom stereocenters. The van der Waals surface area contributed by atoms with Crippen LogP contribution in [0.25, 0.3) is 0 Å². The number of carbonyl (C=O) groups excluding carboxylic acids is 1. The molecule has 2 unspecified atom stereocenters. The number of fused-ring (bicyclic) bond motifs is 1. The molecule has 2 fully saturated rings. The first-order valence-electron chi connectivity index (χ1n) is 7.72. The van der Waals surface area contributed by atoms with Crippen molar-refractivity contribution in [3.63, 3.8) is 0 Å². The highest BCUT2D eigenvalue weighted by Gasteiger charge is 2.37. The zero-order valence-corrected chi connectivity index (χ0v) is 12.3. The van der Waals surface area contributed by atoms with Crippen LogP contribution in [0.4, 0.5) is 0 Å². The van der Waals surface area contributed by atoms with E-state index in [-0.39, 0.29) is 18.6 Å². The number of hydrogen-bond donors (Lipinski definition) is 2. The van der Waals surface area contributed by atoms with Crippen molar-refractivity contribution in [2.45, 2.75) is 37.9 Å². The minimum absolute atomic E-state index is 0.0411. The van der Waals surface area contributed by atoms with Gasteiger partial charge in [-0.05, 0) is 31.9 Å². The van der Waals surface area contributed by atoms with Gasteiger partial charge in [0, 0.05) is 30.7 Å². The summed E-state index contributed by atoms with van der Waals surface area (Å²) in [6.07, 6.45) is 3.50. The molecular weight excluding hydrogens is 266 g/mol. The topological polar surface area (TPSA) is 67.6 Å². The second-order valence-electron chi connectivity index (χ2n) is 5.81. The quantitative estimate of drug-likeness (QED) is 0.844. The van der Waals surface area contributed by atoms with Crippen LogP contribution in [0, 0.1) is 0 Å². The van der Waals surface area contributed by atoms with Gasteiger partial charge in [0.25, 0.3) is 5.91 Å². The Labute approximate surface area is 125 Å². The Bertz CT molecular complexity index is 506. The molecule has 1 aromatic rings. The summed E-state index contributed by atoms with van der Waals surface area (Å²) in [5.41, 5.74) is 6.59. The number of nitrogens with one attached hydrogen (secondary N) is 1. The van der Waals surface area contributed by atoms with Gasteiger partial charge < -0.3 is 15.8 Å². The maximum Gasteiger partial charge on any atom is 0.258 e. The molecule has 2 saturated heterocycles. The Morgan fingerprint density at radius 3 is 3.05 bits per heavy atom. The summed E-state index contributed by atoms with van der Waals surface area (Å²) in [7, 11) is 0. The third-order valence-electron chi connectivity index (χ3n) is 4.50. The number of rotatable bonds is 5. The SMILES string of the molecule is NCc1ccccc1OCC(=O)NC1CCN2CCCC12. The Balaban J connectivity index is 1.50. The Morgan fingerprint density at radius 1 is 1.33 bits per heavy atom. The third-order valence-corrected chi connectivity index (χ3v) is 4.50. The van der Waals surface area contributed by atoms with Crippen molar-refractivity contribution in [2.24, 2.45) is 5.73 Å². The lowest BCUT2D eigenvalue weighted by atomic mass is 10.1. The van der Waals surface area contributed by atoms with Crippen LogP contribution in [0.3, 0.4) is 0 Å². The molecule has 0 bridgehead atoms. The van der Waals surface area contributed by atoms with Crippen LogP contribution in [-0.4, -0.2) is 42.6 Å². The third kappa shape index (κ3) is 3.19. The fourth-order valence-corrected chi connectivity index (χ4v) is 3.46. The Morgan fingerprint density at radius 2 is 2.19 bits per heavy atom. The van der Waals surface area contributed by atoms with Gasteiger partial charge in [-0.1, -0.05) is 18.2 Å². The standard InChI is InChI=1S/C16H23N3O2/c17-10-12-4-1-2-6-15(12)21-11-16(20)18-13-7-9-19-8-3-5-14(13)19/h1-2,4,6,13-14H,3,5,7-11,17H2,(H,18,20). The lowest BCUT2D eigenvalue weighted by Crippen LogP contribution is -2.44. The van der Waals surface area contributed by atoms with Gasteiger partial charge in [-0.3, -0.25) is 9.69 Å². The van der Waals surface area contributed by atoms with Crippen molar-refractivity contribution in [1.82, 2.24) is 10.2 Å². The normalized spacial score (nSPS) is 24.8. The van der Waals surface area contributed by atoms with Crippen molar-refractivity contribution in [2.75, 3.05) is 19.7 Å². The summed E-state index contributed by atoms with van der Waals surface area (Å²) >= 11 is 0. The molecular formula is C16H23N3O2. The number of nitrogens with zero attached hydrogens (tertiary/aromatic N) is 1. The van der Waals surface area contributed by atoms with Crippen LogP contribution in [0.1, 0.15) is 24.8 Å². The molecule has 21 heavy (non-hydrogen) atoms. The zero-order chi connectivity index (χ0) is 14.7. The molecule has 0 aliphatic carbocycles. The van der Waals surface area contributed by atoms with E-state index in [1.807, 2.05) is 24.3 Å². The fraction of sp³-hybridized carbons (Fsp3) is 0.562. The predicted molar refractivity (Wildman–Crippen MR) is 81.0 cm³/mol. The van der Waals surface area contributed by atoms with E-state index in [2.05, 4.69) is 10.2 Å². The van der Waals surface area contributed by atoms with Crippen molar-refractivity contribution in [3.05, 3.63) is 29.8 Å². The summed E-state index contributed by atoms with van der Waals surface area (Å²) in [4.78, 5) is 14.6. The van der Waals surface area contributed by atoms with E-state index < -0.39 is 0 Å². The minimum Gasteiger partial charge on any atom is -0.483 e. The van der Waals surface area contributed by atoms with Crippen molar-refractivity contribution < 1.29 is 9.53 Å². The van der Waals surface area contributed by atoms with E-state index in [1.165, 1.54) is 19.4 Å². The molecule has 2 aliphatic heterocycles. The second kappa shape index (κ2) is 6.45. The van der Waals surface area contributed by atoms with E-state index in [0.29, 0.717) is 18.3 Å². The average Bonchev–Trinajstić information content (AvgIpc) is 3.10. The van der Waals surface area contributed by atoms with Gasteiger partial charge in [-0.25, -0.2) is 0 Å². The molecule has 2 aliphatic rings. The van der Waals surface area contributed by atoms with E-state index in [0.717, 1.165) is 18.5 Å². The molecule has 3 N–H and O–H groups in total. The second-order valence-corrected chi connectivity index (χ2v) is 5.81. The van der Waals surface area contributed by atoms with E-state index in [4.69, 9.17) is 10.5 Å². The highest BCUT2D eigenvalue weighted by atomic mass is 16.5. The molecule has 1 amide bonds. The van der Waals surface area contributed by atoms with Crippen LogP contribution < -0.4 is 15.8 Å². The van der Waals surface area contributed by atoms with Gasteiger partial charge in [0.05, 0.1) is 0 Å². The van der Waals surface area contributed by atoms with Gasteiger partial charge in [0.15, 0.2) is 6.61 Å². The van der Waals surface area contributed by atoms with Gasteiger partial charge in [0.2, 0.25) is 0 Å². The van der Waals surface area contributed by atoms with Crippen LogP contribution in [0.15, 0.2) is 24.3 Å². The van der Waals surface area contributed by atoms with Crippen molar-refractivity contribution in [1.29, 1.82) is 0 Å². The smallest absolute Gasteiger partial charge is 0.258 e. The highest BCUT2D eigenvalue weighted by Crippen LogP contribution is 2.27. The molecule has 2 heterocycles. The van der Waals surface area contributed by atoms with E-state index in [9.17, 15) is 4.79 Å². The van der Waals surface area contributed by atoms with Crippen LogP contribution in [-0.2, 0) is 11.3 Å².